The minimum Gasteiger partial charge on any atom is -0.509 e. The minimum atomic E-state index is -0.691. The van der Waals surface area contributed by atoms with E-state index >= 15 is 0 Å². The number of nitrogens with one attached hydrogen (secondary N) is 3. The molecule has 4 N–H and O–H groups in total. The first-order chi connectivity index (χ1) is 14.1. The van der Waals surface area contributed by atoms with Crippen LogP contribution >= 0.6 is 0 Å². The number of carbonyl (C=O) groups excluding carboxylic acids is 2. The Kier molecular flexibility index (Phi) is 4.98. The number of benzene rings is 2. The molecule has 1 aromatic heterocycles. The van der Waals surface area contributed by atoms with Crippen molar-refractivity contribution in [1.82, 2.24) is 15.3 Å². The van der Waals surface area contributed by atoms with Crippen molar-refractivity contribution < 1.29 is 19.4 Å². The van der Waals surface area contributed by atoms with Gasteiger partial charge in [0, 0.05) is 30.1 Å². The van der Waals surface area contributed by atoms with E-state index in [2.05, 4.69) is 20.6 Å². The van der Waals surface area contributed by atoms with Crippen LogP contribution in [0.4, 0.5) is 5.69 Å². The summed E-state index contributed by atoms with van der Waals surface area (Å²) in [5.74, 6) is -0.419. The van der Waals surface area contributed by atoms with E-state index in [0.717, 1.165) is 5.69 Å². The van der Waals surface area contributed by atoms with E-state index in [0.29, 0.717) is 23.6 Å². The van der Waals surface area contributed by atoms with Gasteiger partial charge < -0.3 is 25.5 Å². The number of aliphatic hydroxyl groups is 1. The molecule has 2 heterocycles. The molecule has 4 rings (SSSR count). The topological polar surface area (TPSA) is 116 Å². The van der Waals surface area contributed by atoms with Gasteiger partial charge in [-0.3, -0.25) is 9.59 Å². The highest BCUT2D eigenvalue weighted by molar-refractivity contribution is 6.24. The SMILES string of the molecule is O=C(Nc1cccc(Oc2ccccc2)c1)C1=C(O)C(Cc2cnc[nH]2)NC1=O. The van der Waals surface area contributed by atoms with E-state index in [4.69, 9.17) is 4.74 Å². The second-order valence-corrected chi connectivity index (χ2v) is 6.46. The number of aliphatic hydroxyl groups excluding tert-OH is 1. The van der Waals surface area contributed by atoms with Gasteiger partial charge in [-0.05, 0) is 24.3 Å². The molecule has 2 aromatic carbocycles. The van der Waals surface area contributed by atoms with Gasteiger partial charge in [-0.25, -0.2) is 4.98 Å². The summed E-state index contributed by atoms with van der Waals surface area (Å²) in [5.41, 5.74) is 0.867. The first-order valence-corrected chi connectivity index (χ1v) is 8.96. The van der Waals surface area contributed by atoms with Gasteiger partial charge in [-0.15, -0.1) is 0 Å². The zero-order valence-electron chi connectivity index (χ0n) is 15.3. The van der Waals surface area contributed by atoms with Crippen molar-refractivity contribution in [2.75, 3.05) is 5.32 Å². The van der Waals surface area contributed by atoms with Gasteiger partial charge in [0.15, 0.2) is 0 Å². The molecule has 3 aromatic rings. The molecule has 2 amide bonds. The van der Waals surface area contributed by atoms with Crippen LogP contribution in [0.25, 0.3) is 0 Å². The monoisotopic (exact) mass is 390 g/mol. The molecule has 0 radical (unpaired) electrons. The fourth-order valence-corrected chi connectivity index (χ4v) is 3.03. The van der Waals surface area contributed by atoms with Crippen molar-refractivity contribution in [1.29, 1.82) is 0 Å². The molecule has 0 bridgehead atoms. The molecule has 1 aliphatic heterocycles. The normalized spacial score (nSPS) is 15.9. The Bertz CT molecular complexity index is 1060. The molecule has 1 unspecified atom stereocenters. The Hall–Kier alpha value is -4.07. The minimum absolute atomic E-state index is 0.293. The lowest BCUT2D eigenvalue weighted by molar-refractivity contribution is -0.120. The Balaban J connectivity index is 1.48. The van der Waals surface area contributed by atoms with Gasteiger partial charge in [0.25, 0.3) is 11.8 Å². The first-order valence-electron chi connectivity index (χ1n) is 8.96. The fourth-order valence-electron chi connectivity index (χ4n) is 3.03. The number of carbonyl (C=O) groups is 2. The molecule has 0 spiro atoms. The predicted octanol–water partition coefficient (Wildman–Crippen LogP) is 2.69. The number of anilines is 1. The van der Waals surface area contributed by atoms with E-state index < -0.39 is 17.9 Å². The van der Waals surface area contributed by atoms with Crippen LogP contribution in [0.1, 0.15) is 5.69 Å². The summed E-state index contributed by atoms with van der Waals surface area (Å²) in [4.78, 5) is 31.6. The molecule has 0 saturated carbocycles. The lowest BCUT2D eigenvalue weighted by Gasteiger charge is -2.09. The standard InChI is InChI=1S/C21H18N4O4/c26-19-17(10-14-11-22-12-23-14)25-21(28)18(19)20(27)24-13-5-4-8-16(9-13)29-15-6-2-1-3-7-15/h1-9,11-12,17,26H,10H2,(H,22,23)(H,24,27)(H,25,28). The van der Waals surface area contributed by atoms with Crippen molar-refractivity contribution >= 4 is 17.5 Å². The summed E-state index contributed by atoms with van der Waals surface area (Å²) in [6.45, 7) is 0. The Labute approximate surface area is 166 Å². The fraction of sp³-hybridized carbons (Fsp3) is 0.0952. The highest BCUT2D eigenvalue weighted by Crippen LogP contribution is 2.25. The van der Waals surface area contributed by atoms with Crippen molar-refractivity contribution in [3.05, 3.63) is 84.1 Å². The Morgan fingerprint density at radius 2 is 1.93 bits per heavy atom. The zero-order chi connectivity index (χ0) is 20.2. The van der Waals surface area contributed by atoms with Crippen LogP contribution in [0.3, 0.4) is 0 Å². The Morgan fingerprint density at radius 3 is 2.69 bits per heavy atom. The molecule has 0 aliphatic carbocycles. The number of para-hydroxylation sites is 1. The third-order valence-corrected chi connectivity index (χ3v) is 4.40. The Morgan fingerprint density at radius 1 is 1.14 bits per heavy atom. The number of aromatic amines is 1. The summed E-state index contributed by atoms with van der Waals surface area (Å²) in [6.07, 6.45) is 3.40. The van der Waals surface area contributed by atoms with Gasteiger partial charge in [-0.2, -0.15) is 0 Å². The largest absolute Gasteiger partial charge is 0.509 e. The van der Waals surface area contributed by atoms with Gasteiger partial charge in [0.05, 0.1) is 12.4 Å². The average molecular weight is 390 g/mol. The van der Waals surface area contributed by atoms with Crippen LogP contribution in [0, 0.1) is 0 Å². The maximum absolute atomic E-state index is 12.6. The summed E-state index contributed by atoms with van der Waals surface area (Å²) < 4.78 is 5.74. The number of nitrogens with zero attached hydrogens (tertiary/aromatic N) is 1. The summed E-state index contributed by atoms with van der Waals surface area (Å²) in [7, 11) is 0. The van der Waals surface area contributed by atoms with Gasteiger partial charge in [0.1, 0.15) is 22.8 Å². The molecule has 8 heteroatoms. The molecular weight excluding hydrogens is 372 g/mol. The summed E-state index contributed by atoms with van der Waals surface area (Å²) in [5, 5.41) is 15.6. The van der Waals surface area contributed by atoms with E-state index in [9.17, 15) is 14.7 Å². The van der Waals surface area contributed by atoms with E-state index in [1.165, 1.54) is 6.33 Å². The van der Waals surface area contributed by atoms with Crippen LogP contribution in [0.5, 0.6) is 11.5 Å². The lowest BCUT2D eigenvalue weighted by Crippen LogP contribution is -2.31. The van der Waals surface area contributed by atoms with Crippen molar-refractivity contribution in [3.63, 3.8) is 0 Å². The number of imidazole rings is 1. The first kappa shape index (κ1) is 18.3. The molecule has 1 aliphatic rings. The molecule has 0 saturated heterocycles. The molecule has 146 valence electrons. The second kappa shape index (κ2) is 7.89. The molecular formula is C21H18N4O4. The molecule has 8 nitrogen and oxygen atoms in total. The van der Waals surface area contributed by atoms with Crippen LogP contribution < -0.4 is 15.4 Å². The van der Waals surface area contributed by atoms with Crippen LogP contribution in [-0.4, -0.2) is 32.9 Å². The lowest BCUT2D eigenvalue weighted by atomic mass is 10.1. The van der Waals surface area contributed by atoms with Crippen molar-refractivity contribution in [2.45, 2.75) is 12.5 Å². The number of H-pyrrole nitrogens is 1. The summed E-state index contributed by atoms with van der Waals surface area (Å²) in [6, 6.07) is 15.3. The number of amides is 2. The van der Waals surface area contributed by atoms with Crippen molar-refractivity contribution in [2.24, 2.45) is 0 Å². The van der Waals surface area contributed by atoms with Crippen LogP contribution in [0.2, 0.25) is 0 Å². The van der Waals surface area contributed by atoms with E-state index in [-0.39, 0.29) is 11.3 Å². The molecule has 29 heavy (non-hydrogen) atoms. The second-order valence-electron chi connectivity index (χ2n) is 6.46. The number of rotatable bonds is 6. The number of hydrogen-bond acceptors (Lipinski definition) is 5. The average Bonchev–Trinajstić information content (AvgIpc) is 3.31. The van der Waals surface area contributed by atoms with Gasteiger partial charge in [0.2, 0.25) is 0 Å². The zero-order valence-corrected chi connectivity index (χ0v) is 15.3. The van der Waals surface area contributed by atoms with Crippen LogP contribution in [0.15, 0.2) is 78.5 Å². The van der Waals surface area contributed by atoms with Gasteiger partial charge >= 0.3 is 0 Å². The number of ether oxygens (including phenoxy) is 1. The highest BCUT2D eigenvalue weighted by Gasteiger charge is 2.36. The summed E-state index contributed by atoms with van der Waals surface area (Å²) >= 11 is 0. The third kappa shape index (κ3) is 4.11. The van der Waals surface area contributed by atoms with Crippen molar-refractivity contribution in [3.8, 4) is 11.5 Å². The maximum atomic E-state index is 12.6. The van der Waals surface area contributed by atoms with Gasteiger partial charge in [-0.1, -0.05) is 24.3 Å². The highest BCUT2D eigenvalue weighted by atomic mass is 16.5. The number of hydrogen-bond donors (Lipinski definition) is 4. The van der Waals surface area contributed by atoms with E-state index in [1.54, 1.807) is 30.5 Å². The predicted molar refractivity (Wildman–Crippen MR) is 105 cm³/mol. The van der Waals surface area contributed by atoms with E-state index in [1.807, 2.05) is 30.3 Å². The molecule has 0 fully saturated rings. The number of aromatic nitrogens is 2. The van der Waals surface area contributed by atoms with Crippen LogP contribution in [-0.2, 0) is 16.0 Å². The molecule has 1 atom stereocenters. The smallest absolute Gasteiger partial charge is 0.264 e. The maximum Gasteiger partial charge on any atom is 0.264 e. The third-order valence-electron chi connectivity index (χ3n) is 4.40. The quantitative estimate of drug-likeness (QED) is 0.483.